The van der Waals surface area contributed by atoms with Crippen molar-refractivity contribution in [3.63, 3.8) is 0 Å². The van der Waals surface area contributed by atoms with Gasteiger partial charge in [-0.05, 0) is 36.1 Å². The molecule has 0 fully saturated rings. The number of alkyl halides is 6. The van der Waals surface area contributed by atoms with Gasteiger partial charge in [0.15, 0.2) is 0 Å². The average molecular weight is 953 g/mol. The van der Waals surface area contributed by atoms with E-state index in [9.17, 15) is 26.3 Å². The van der Waals surface area contributed by atoms with Gasteiger partial charge in [0.2, 0.25) is 0 Å². The third kappa shape index (κ3) is 10.7. The summed E-state index contributed by atoms with van der Waals surface area (Å²) in [5, 5.41) is 5.57. The number of fused-ring (bicyclic) bond motifs is 5. The molecule has 0 bridgehead atoms. The average Bonchev–Trinajstić information content (AvgIpc) is 3.88. The second kappa shape index (κ2) is 18.0. The molecule has 0 spiro atoms. The molecule has 322 valence electrons. The van der Waals surface area contributed by atoms with Gasteiger partial charge in [0.05, 0.1) is 0 Å². The van der Waals surface area contributed by atoms with Crippen molar-refractivity contribution in [1.82, 2.24) is 0 Å². The summed E-state index contributed by atoms with van der Waals surface area (Å²) in [4.78, 5) is 0. The SMILES string of the molecule is CC(C)C1[C-]=CC(C(C)(C)C)=C1.CC1=CC(C)(C)c2cc3[cH-]c4cc5c(cc4c3cc21)C(C)=CC5(C)C.FC(F)(F)c1ccc([C](=[Zr+2])c2ccc(C(F)(F)F)cc2)cc1.[Cl-].[Cl-]. The molecule has 5 aromatic rings. The Morgan fingerprint density at radius 3 is 1.33 bits per heavy atom. The van der Waals surface area contributed by atoms with Gasteiger partial charge in [-0.1, -0.05) is 115 Å². The van der Waals surface area contributed by atoms with Gasteiger partial charge >= 0.3 is 137 Å². The van der Waals surface area contributed by atoms with Gasteiger partial charge in [-0.2, -0.15) is 11.6 Å². The first-order valence-corrected chi connectivity index (χ1v) is 21.3. The molecule has 9 heteroatoms. The molecule has 8 rings (SSSR count). The Morgan fingerprint density at radius 1 is 0.656 bits per heavy atom. The Morgan fingerprint density at radius 2 is 1.03 bits per heavy atom. The molecular weight excluding hydrogens is 901 g/mol. The summed E-state index contributed by atoms with van der Waals surface area (Å²) in [5.74, 6) is 1.22. The molecule has 0 N–H and O–H groups in total. The Bertz CT molecular complexity index is 2400. The van der Waals surface area contributed by atoms with Crippen molar-refractivity contribution >= 4 is 35.9 Å². The number of benzene rings is 4. The smallest absolute Gasteiger partial charge is 1.00 e. The Labute approximate surface area is 384 Å². The van der Waals surface area contributed by atoms with Crippen LogP contribution < -0.4 is 24.8 Å². The van der Waals surface area contributed by atoms with Gasteiger partial charge < -0.3 is 24.8 Å². The van der Waals surface area contributed by atoms with Crippen molar-refractivity contribution in [2.24, 2.45) is 17.3 Å². The monoisotopic (exact) mass is 950 g/mol. The minimum Gasteiger partial charge on any atom is -1.00 e. The predicted octanol–water partition coefficient (Wildman–Crippen LogP) is 9.55. The summed E-state index contributed by atoms with van der Waals surface area (Å²) in [7, 11) is 0. The molecule has 3 aliphatic rings. The molecule has 0 saturated carbocycles. The Hall–Kier alpha value is -3.38. The molecule has 0 nitrogen and oxygen atoms in total. The number of hydrogen-bond donors (Lipinski definition) is 0. The van der Waals surface area contributed by atoms with Crippen LogP contribution in [0.3, 0.4) is 0 Å². The number of allylic oxidation sites excluding steroid dienone is 8. The van der Waals surface area contributed by atoms with E-state index in [1.165, 1.54) is 84.8 Å². The molecule has 61 heavy (non-hydrogen) atoms. The summed E-state index contributed by atoms with van der Waals surface area (Å²) in [6.45, 7) is 25.0. The van der Waals surface area contributed by atoms with E-state index in [1.54, 1.807) is 0 Å². The summed E-state index contributed by atoms with van der Waals surface area (Å²) >= 11 is 0.898. The van der Waals surface area contributed by atoms with Gasteiger partial charge in [-0.25, -0.2) is 6.08 Å². The normalized spacial score (nSPS) is 17.2. The summed E-state index contributed by atoms with van der Waals surface area (Å²) < 4.78 is 75.6. The van der Waals surface area contributed by atoms with Crippen molar-refractivity contribution in [1.29, 1.82) is 0 Å². The molecule has 0 saturated heterocycles. The van der Waals surface area contributed by atoms with Crippen molar-refractivity contribution < 1.29 is 75.4 Å². The van der Waals surface area contributed by atoms with Gasteiger partial charge in [-0.15, -0.1) is 39.7 Å². The van der Waals surface area contributed by atoms with Gasteiger partial charge in [-0.3, -0.25) is 6.08 Å². The van der Waals surface area contributed by atoms with E-state index in [0.717, 1.165) is 48.5 Å². The maximum Gasteiger partial charge on any atom is -1.00 e. The minimum absolute atomic E-state index is 0. The second-order valence-corrected chi connectivity index (χ2v) is 19.9. The van der Waals surface area contributed by atoms with Crippen LogP contribution in [0.2, 0.25) is 0 Å². The van der Waals surface area contributed by atoms with Crippen LogP contribution in [-0.2, 0) is 47.4 Å². The molecule has 0 radical (unpaired) electrons. The van der Waals surface area contributed by atoms with Crippen molar-refractivity contribution in [2.45, 2.75) is 99.3 Å². The summed E-state index contributed by atoms with van der Waals surface area (Å²) in [6, 6.07) is 21.2. The topological polar surface area (TPSA) is 0 Å². The van der Waals surface area contributed by atoms with Crippen molar-refractivity contribution in [3.05, 3.63) is 159 Å². The fourth-order valence-electron chi connectivity index (χ4n) is 8.36. The van der Waals surface area contributed by atoms with Crippen LogP contribution in [0, 0.1) is 23.3 Å². The molecule has 0 aromatic heterocycles. The zero-order chi connectivity index (χ0) is 43.6. The molecule has 1 atom stereocenters. The van der Waals surface area contributed by atoms with Crippen LogP contribution in [0.4, 0.5) is 26.3 Å². The molecular formula is C52H52Cl2F6Zr-2. The van der Waals surface area contributed by atoms with E-state index in [4.69, 9.17) is 0 Å². The van der Waals surface area contributed by atoms with E-state index in [-0.39, 0.29) is 41.1 Å². The number of hydrogen-bond acceptors (Lipinski definition) is 0. The van der Waals surface area contributed by atoms with E-state index >= 15 is 0 Å². The first-order chi connectivity index (χ1) is 27.2. The molecule has 0 heterocycles. The van der Waals surface area contributed by atoms with E-state index < -0.39 is 23.5 Å². The van der Waals surface area contributed by atoms with Crippen molar-refractivity contribution in [3.8, 4) is 0 Å². The van der Waals surface area contributed by atoms with E-state index in [2.05, 4.69) is 137 Å². The maximum atomic E-state index is 12.5. The van der Waals surface area contributed by atoms with E-state index in [1.807, 2.05) is 0 Å². The molecule has 1 unspecified atom stereocenters. The standard InChI is InChI=1S/C25H25.C15H8F6.C12H19.2ClH.Zr/c1-14-12-24(3,4)22-8-16-7-17-9-23-19(15(2)13-25(23,5)6)11-21(17)20(16)10-18(14)22;16-14(17,18)12-5-1-10(2-6-12)9-11-3-7-13(8-4-11)15(19,20)21;1-9(2)10-6-7-11(8-10)12(3,4)5;;;/h7-13H,1-6H3;1-8H;7-10H,1-5H3;2*1H;/q-1;;-1;;;+2/p-2. The Balaban J connectivity index is 0.000000210. The fraction of sp³-hybridized carbons (Fsp3) is 0.346. The van der Waals surface area contributed by atoms with Crippen LogP contribution in [0.25, 0.3) is 32.7 Å². The Kier molecular flexibility index (Phi) is 14.8. The molecule has 3 aliphatic carbocycles. The van der Waals surface area contributed by atoms with Gasteiger partial charge in [0.1, 0.15) is 0 Å². The van der Waals surface area contributed by atoms with E-state index in [0.29, 0.717) is 26.2 Å². The third-order valence-electron chi connectivity index (χ3n) is 11.7. The molecule has 0 amide bonds. The first-order valence-electron chi connectivity index (χ1n) is 20.0. The van der Waals surface area contributed by atoms with Crippen LogP contribution in [0.1, 0.15) is 121 Å². The number of halogens is 8. The predicted molar refractivity (Wildman–Crippen MR) is 230 cm³/mol. The maximum absolute atomic E-state index is 12.5. The fourth-order valence-corrected chi connectivity index (χ4v) is 9.18. The first kappa shape index (κ1) is 50.3. The van der Waals surface area contributed by atoms with Crippen LogP contribution in [-0.4, -0.2) is 3.21 Å². The molecule has 5 aromatic carbocycles. The van der Waals surface area contributed by atoms with Crippen LogP contribution in [0.15, 0.2) is 109 Å². The third-order valence-corrected chi connectivity index (χ3v) is 13.2. The zero-order valence-electron chi connectivity index (χ0n) is 36.5. The number of rotatable bonds is 3. The largest absolute Gasteiger partial charge is 1.00 e. The van der Waals surface area contributed by atoms with Crippen LogP contribution >= 0.6 is 0 Å². The van der Waals surface area contributed by atoms with Gasteiger partial charge in [0, 0.05) is 10.8 Å². The zero-order valence-corrected chi connectivity index (χ0v) is 40.5. The van der Waals surface area contributed by atoms with Crippen LogP contribution in [0.5, 0.6) is 0 Å². The summed E-state index contributed by atoms with van der Waals surface area (Å²) in [5.41, 5.74) is 10.2. The minimum atomic E-state index is -4.41. The summed E-state index contributed by atoms with van der Waals surface area (Å²) in [6.07, 6.45) is 3.90. The molecule has 0 aliphatic heterocycles. The van der Waals surface area contributed by atoms with Crippen molar-refractivity contribution in [2.75, 3.05) is 0 Å². The second-order valence-electron chi connectivity index (χ2n) is 18.7. The van der Waals surface area contributed by atoms with Gasteiger partial charge in [0.25, 0.3) is 0 Å². The quantitative estimate of drug-likeness (QED) is 0.125.